The fraction of sp³-hybridized carbons (Fsp3) is 0.500. The van der Waals surface area contributed by atoms with Crippen LogP contribution in [0.15, 0.2) is 12.3 Å². The zero-order valence-corrected chi connectivity index (χ0v) is 10.7. The minimum absolute atomic E-state index is 0.0223. The maximum absolute atomic E-state index is 14.0. The summed E-state index contributed by atoms with van der Waals surface area (Å²) < 4.78 is 19.0. The lowest BCUT2D eigenvalue weighted by molar-refractivity contribution is 0.0675. The number of ether oxygens (including phenoxy) is 1. The highest BCUT2D eigenvalue weighted by molar-refractivity contribution is 5.95. The molecule has 1 saturated carbocycles. The third kappa shape index (κ3) is 2.99. The number of nitrogen functional groups attached to an aromatic ring is 1. The number of halogens is 1. The van der Waals surface area contributed by atoms with Crippen LogP contribution in [0.2, 0.25) is 0 Å². The molecule has 0 unspecified atom stereocenters. The van der Waals surface area contributed by atoms with E-state index >= 15 is 0 Å². The predicted molar refractivity (Wildman–Crippen MR) is 67.9 cm³/mol. The van der Waals surface area contributed by atoms with Crippen LogP contribution < -0.4 is 11.3 Å². The second kappa shape index (κ2) is 5.94. The standard InChI is InChI=1S/C12H17FN4O2/c1-19-7-6-17(8-2-3-8)12(18)9-4-5-15-11(16-14)10(9)13/h4-5,8H,2-3,6-7,14H2,1H3,(H,15,16). The summed E-state index contributed by atoms with van der Waals surface area (Å²) in [6.07, 6.45) is 3.25. The molecule has 0 saturated heterocycles. The Balaban J connectivity index is 2.21. The van der Waals surface area contributed by atoms with Crippen molar-refractivity contribution in [3.63, 3.8) is 0 Å². The van der Waals surface area contributed by atoms with Crippen molar-refractivity contribution in [2.24, 2.45) is 5.84 Å². The van der Waals surface area contributed by atoms with Crippen LogP contribution >= 0.6 is 0 Å². The van der Waals surface area contributed by atoms with Crippen molar-refractivity contribution in [2.75, 3.05) is 25.7 Å². The van der Waals surface area contributed by atoms with E-state index in [4.69, 9.17) is 10.6 Å². The molecule has 1 fully saturated rings. The summed E-state index contributed by atoms with van der Waals surface area (Å²) in [5, 5.41) is 0. The molecule has 1 aliphatic rings. The quantitative estimate of drug-likeness (QED) is 0.588. The maximum atomic E-state index is 14.0. The van der Waals surface area contributed by atoms with Crippen LogP contribution in [0, 0.1) is 5.82 Å². The third-order valence-electron chi connectivity index (χ3n) is 3.04. The van der Waals surface area contributed by atoms with E-state index in [-0.39, 0.29) is 23.3 Å². The summed E-state index contributed by atoms with van der Waals surface area (Å²) in [4.78, 5) is 17.7. The number of hydrogen-bond donors (Lipinski definition) is 2. The van der Waals surface area contributed by atoms with Gasteiger partial charge in [0.2, 0.25) is 0 Å². The Morgan fingerprint density at radius 3 is 3.00 bits per heavy atom. The third-order valence-corrected chi connectivity index (χ3v) is 3.04. The molecule has 0 atom stereocenters. The molecule has 0 spiro atoms. The Morgan fingerprint density at radius 1 is 1.68 bits per heavy atom. The van der Waals surface area contributed by atoms with E-state index in [0.717, 1.165) is 12.8 Å². The molecule has 1 heterocycles. The van der Waals surface area contributed by atoms with E-state index in [1.54, 1.807) is 12.0 Å². The average Bonchev–Trinajstić information content (AvgIpc) is 3.24. The SMILES string of the molecule is COCCN(C(=O)c1ccnc(NN)c1F)C1CC1. The molecule has 104 valence electrons. The van der Waals surface area contributed by atoms with Gasteiger partial charge in [-0.05, 0) is 18.9 Å². The molecule has 2 rings (SSSR count). The minimum atomic E-state index is -0.724. The van der Waals surface area contributed by atoms with Gasteiger partial charge in [-0.15, -0.1) is 0 Å². The summed E-state index contributed by atoms with van der Waals surface area (Å²) >= 11 is 0. The number of anilines is 1. The number of methoxy groups -OCH3 is 1. The molecular weight excluding hydrogens is 251 g/mol. The van der Waals surface area contributed by atoms with Gasteiger partial charge in [0.25, 0.3) is 5.91 Å². The van der Waals surface area contributed by atoms with Crippen LogP contribution in [0.3, 0.4) is 0 Å². The first-order valence-corrected chi connectivity index (χ1v) is 6.10. The molecule has 0 aromatic carbocycles. The molecule has 3 N–H and O–H groups in total. The Hall–Kier alpha value is -1.73. The second-order valence-electron chi connectivity index (χ2n) is 4.39. The first-order valence-electron chi connectivity index (χ1n) is 6.10. The maximum Gasteiger partial charge on any atom is 0.257 e. The van der Waals surface area contributed by atoms with E-state index < -0.39 is 5.82 Å². The number of nitrogens with one attached hydrogen (secondary N) is 1. The van der Waals surface area contributed by atoms with Gasteiger partial charge in [-0.2, -0.15) is 0 Å². The van der Waals surface area contributed by atoms with Gasteiger partial charge in [-0.1, -0.05) is 0 Å². The van der Waals surface area contributed by atoms with Gasteiger partial charge >= 0.3 is 0 Å². The molecule has 0 bridgehead atoms. The van der Waals surface area contributed by atoms with Crippen molar-refractivity contribution in [1.82, 2.24) is 9.88 Å². The summed E-state index contributed by atoms with van der Waals surface area (Å²) in [7, 11) is 1.57. The Labute approximate surface area is 110 Å². The van der Waals surface area contributed by atoms with E-state index in [0.29, 0.717) is 13.2 Å². The molecule has 1 aromatic heterocycles. The molecular formula is C12H17FN4O2. The second-order valence-corrected chi connectivity index (χ2v) is 4.39. The van der Waals surface area contributed by atoms with Crippen LogP contribution in [0.25, 0.3) is 0 Å². The number of carbonyl (C=O) groups excluding carboxylic acids is 1. The van der Waals surface area contributed by atoms with Crippen molar-refractivity contribution >= 4 is 11.7 Å². The van der Waals surface area contributed by atoms with Crippen molar-refractivity contribution in [1.29, 1.82) is 0 Å². The summed E-state index contributed by atoms with van der Waals surface area (Å²) in [5.74, 6) is 3.94. The van der Waals surface area contributed by atoms with E-state index in [9.17, 15) is 9.18 Å². The van der Waals surface area contributed by atoms with Gasteiger partial charge in [0.05, 0.1) is 12.2 Å². The molecule has 0 radical (unpaired) electrons. The Kier molecular flexibility index (Phi) is 4.28. The number of aromatic nitrogens is 1. The zero-order chi connectivity index (χ0) is 13.8. The fourth-order valence-corrected chi connectivity index (χ4v) is 1.89. The Morgan fingerprint density at radius 2 is 2.42 bits per heavy atom. The van der Waals surface area contributed by atoms with Crippen molar-refractivity contribution in [3.8, 4) is 0 Å². The number of nitrogens with zero attached hydrogens (tertiary/aromatic N) is 2. The predicted octanol–water partition coefficient (Wildman–Crippen LogP) is 0.757. The number of carbonyl (C=O) groups is 1. The van der Waals surface area contributed by atoms with Crippen LogP contribution in [0.5, 0.6) is 0 Å². The zero-order valence-electron chi connectivity index (χ0n) is 10.7. The van der Waals surface area contributed by atoms with Crippen molar-refractivity contribution in [2.45, 2.75) is 18.9 Å². The van der Waals surface area contributed by atoms with Gasteiger partial charge in [0.1, 0.15) is 0 Å². The highest BCUT2D eigenvalue weighted by atomic mass is 19.1. The smallest absolute Gasteiger partial charge is 0.257 e. The number of amides is 1. The van der Waals surface area contributed by atoms with Crippen LogP contribution in [0.4, 0.5) is 10.2 Å². The molecule has 0 aliphatic heterocycles. The highest BCUT2D eigenvalue weighted by Gasteiger charge is 2.34. The normalized spacial score (nSPS) is 14.3. The summed E-state index contributed by atoms with van der Waals surface area (Å²) in [6.45, 7) is 0.879. The monoisotopic (exact) mass is 268 g/mol. The lowest BCUT2D eigenvalue weighted by Gasteiger charge is -2.22. The fourth-order valence-electron chi connectivity index (χ4n) is 1.89. The van der Waals surface area contributed by atoms with E-state index in [2.05, 4.69) is 10.4 Å². The van der Waals surface area contributed by atoms with Gasteiger partial charge in [0.15, 0.2) is 11.6 Å². The van der Waals surface area contributed by atoms with Gasteiger partial charge in [0, 0.05) is 25.9 Å². The number of nitrogens with two attached hydrogens (primary N) is 1. The Bertz CT molecular complexity index is 465. The summed E-state index contributed by atoms with van der Waals surface area (Å²) in [6, 6.07) is 1.55. The molecule has 1 amide bonds. The van der Waals surface area contributed by atoms with Crippen LogP contribution in [-0.4, -0.2) is 42.1 Å². The molecule has 1 aliphatic carbocycles. The number of rotatable bonds is 6. The van der Waals surface area contributed by atoms with Gasteiger partial charge in [-0.3, -0.25) is 4.79 Å². The lowest BCUT2D eigenvalue weighted by atomic mass is 10.2. The average molecular weight is 268 g/mol. The molecule has 1 aromatic rings. The van der Waals surface area contributed by atoms with Crippen LogP contribution in [-0.2, 0) is 4.74 Å². The van der Waals surface area contributed by atoms with Crippen molar-refractivity contribution in [3.05, 3.63) is 23.6 Å². The number of pyridine rings is 1. The topological polar surface area (TPSA) is 80.5 Å². The molecule has 6 nitrogen and oxygen atoms in total. The van der Waals surface area contributed by atoms with Gasteiger partial charge in [-0.25, -0.2) is 15.2 Å². The van der Waals surface area contributed by atoms with Gasteiger partial charge < -0.3 is 15.1 Å². The lowest BCUT2D eigenvalue weighted by Crippen LogP contribution is -2.36. The van der Waals surface area contributed by atoms with E-state index in [1.807, 2.05) is 0 Å². The minimum Gasteiger partial charge on any atom is -0.383 e. The first kappa shape index (κ1) is 13.7. The first-order chi connectivity index (χ1) is 9.19. The highest BCUT2D eigenvalue weighted by Crippen LogP contribution is 2.29. The molecule has 19 heavy (non-hydrogen) atoms. The van der Waals surface area contributed by atoms with Crippen molar-refractivity contribution < 1.29 is 13.9 Å². The van der Waals surface area contributed by atoms with Crippen LogP contribution in [0.1, 0.15) is 23.2 Å². The molecule has 7 heteroatoms. The number of hydrogen-bond acceptors (Lipinski definition) is 5. The number of hydrazine groups is 1. The summed E-state index contributed by atoms with van der Waals surface area (Å²) in [5.41, 5.74) is 2.11. The van der Waals surface area contributed by atoms with E-state index in [1.165, 1.54) is 12.3 Å². The largest absolute Gasteiger partial charge is 0.383 e.